The number of aliphatic carboxylic acids is 1. The third-order valence-corrected chi connectivity index (χ3v) is 6.52. The molecular weight excluding hydrogens is 510 g/mol. The van der Waals surface area contributed by atoms with Gasteiger partial charge in [-0.15, -0.1) is 0 Å². The van der Waals surface area contributed by atoms with E-state index in [9.17, 15) is 9.90 Å². The van der Waals surface area contributed by atoms with Crippen LogP contribution < -0.4 is 16.4 Å². The average Bonchev–Trinajstić information content (AvgIpc) is 2.95. The highest BCUT2D eigenvalue weighted by Crippen LogP contribution is 2.24. The Morgan fingerprint density at radius 2 is 2.02 bits per heavy atom. The lowest BCUT2D eigenvalue weighted by Gasteiger charge is -2.40. The van der Waals surface area contributed by atoms with Crippen molar-refractivity contribution in [2.75, 3.05) is 63.1 Å². The van der Waals surface area contributed by atoms with Crippen molar-refractivity contribution in [1.29, 1.82) is 5.26 Å². The molecule has 0 bridgehead atoms. The summed E-state index contributed by atoms with van der Waals surface area (Å²) in [6.45, 7) is 4.33. The summed E-state index contributed by atoms with van der Waals surface area (Å²) in [7, 11) is 0. The van der Waals surface area contributed by atoms with Gasteiger partial charge in [0.15, 0.2) is 0 Å². The van der Waals surface area contributed by atoms with Crippen LogP contribution in [-0.4, -0.2) is 94.4 Å². The third-order valence-electron chi connectivity index (χ3n) is 6.52. The number of hydrogen-bond donors (Lipinski definition) is 4. The maximum Gasteiger partial charge on any atom is 0.317 e. The summed E-state index contributed by atoms with van der Waals surface area (Å²) in [6, 6.07) is 14.0. The topological polar surface area (TPSA) is 166 Å². The number of piperazine rings is 1. The Labute approximate surface area is 233 Å². The van der Waals surface area contributed by atoms with Gasteiger partial charge in [0.1, 0.15) is 12.4 Å². The predicted octanol–water partition coefficient (Wildman–Crippen LogP) is 2.15. The Bertz CT molecular complexity index is 1280. The predicted molar refractivity (Wildman–Crippen MR) is 152 cm³/mol. The normalized spacial score (nSPS) is 15.8. The van der Waals surface area contributed by atoms with Crippen LogP contribution in [0.1, 0.15) is 12.0 Å². The van der Waals surface area contributed by atoms with Gasteiger partial charge in [-0.25, -0.2) is 15.0 Å². The molecule has 1 aromatic carbocycles. The fourth-order valence-corrected chi connectivity index (χ4v) is 4.58. The number of pyridine rings is 1. The molecule has 40 heavy (non-hydrogen) atoms. The molecule has 3 heterocycles. The van der Waals surface area contributed by atoms with E-state index >= 15 is 0 Å². The fraction of sp³-hybridized carbons (Fsp3) is 0.393. The average molecular weight is 546 g/mol. The first kappa shape index (κ1) is 28.8. The van der Waals surface area contributed by atoms with Gasteiger partial charge in [0.25, 0.3) is 0 Å². The Morgan fingerprint density at radius 3 is 2.80 bits per heavy atom. The van der Waals surface area contributed by atoms with Crippen molar-refractivity contribution in [2.24, 2.45) is 5.73 Å². The van der Waals surface area contributed by atoms with Gasteiger partial charge in [-0.3, -0.25) is 14.6 Å². The number of benzene rings is 1. The minimum absolute atomic E-state index is 0.00396. The monoisotopic (exact) mass is 545 g/mol. The van der Waals surface area contributed by atoms with Crippen molar-refractivity contribution in [3.05, 3.63) is 60.6 Å². The summed E-state index contributed by atoms with van der Waals surface area (Å²) in [6.07, 6.45) is 6.17. The van der Waals surface area contributed by atoms with Crippen molar-refractivity contribution < 1.29 is 14.6 Å². The van der Waals surface area contributed by atoms with Crippen molar-refractivity contribution in [1.82, 2.24) is 24.8 Å². The quantitative estimate of drug-likeness (QED) is 0.218. The number of carboxylic acid groups (broad SMARTS) is 1. The van der Waals surface area contributed by atoms with Gasteiger partial charge < -0.3 is 26.2 Å². The molecule has 1 atom stereocenters. The summed E-state index contributed by atoms with van der Waals surface area (Å²) in [5, 5.41) is 24.6. The summed E-state index contributed by atoms with van der Waals surface area (Å²) in [5.74, 6) is 0.426. The van der Waals surface area contributed by atoms with Crippen molar-refractivity contribution in [3.8, 4) is 17.2 Å². The van der Waals surface area contributed by atoms with Crippen LogP contribution in [0.25, 0.3) is 11.1 Å². The summed E-state index contributed by atoms with van der Waals surface area (Å²) in [5.41, 5.74) is 9.36. The molecule has 12 heteroatoms. The molecule has 0 aliphatic carbocycles. The van der Waals surface area contributed by atoms with E-state index in [1.54, 1.807) is 18.6 Å². The number of rotatable bonds is 14. The van der Waals surface area contributed by atoms with Gasteiger partial charge in [0.2, 0.25) is 5.95 Å². The van der Waals surface area contributed by atoms with Crippen LogP contribution in [0.5, 0.6) is 0 Å². The third kappa shape index (κ3) is 8.69. The van der Waals surface area contributed by atoms with Crippen molar-refractivity contribution in [2.45, 2.75) is 19.0 Å². The van der Waals surface area contributed by atoms with Crippen LogP contribution in [0.3, 0.4) is 0 Å². The molecular formula is C28H35N9O3. The van der Waals surface area contributed by atoms with Gasteiger partial charge in [0, 0.05) is 68.6 Å². The number of nitrogens with zero attached hydrogens (tertiary/aromatic N) is 6. The second kappa shape index (κ2) is 14.9. The highest BCUT2D eigenvalue weighted by molar-refractivity contribution is 5.69. The molecule has 1 unspecified atom stereocenters. The molecule has 1 fully saturated rings. The van der Waals surface area contributed by atoms with Crippen molar-refractivity contribution >= 4 is 23.4 Å². The number of nitrogens with one attached hydrogen (secondary N) is 2. The molecule has 1 saturated heterocycles. The molecule has 3 aromatic rings. The number of nitriles is 1. The molecule has 1 aliphatic heterocycles. The number of ether oxygens (including phenoxy) is 1. The number of aromatic nitrogens is 3. The molecule has 0 radical (unpaired) electrons. The van der Waals surface area contributed by atoms with Crippen LogP contribution in [0.15, 0.2) is 55.0 Å². The zero-order valence-electron chi connectivity index (χ0n) is 22.4. The van der Waals surface area contributed by atoms with Crippen LogP contribution >= 0.6 is 0 Å². The molecule has 4 rings (SSSR count). The Balaban J connectivity index is 1.40. The van der Waals surface area contributed by atoms with Crippen LogP contribution in [0, 0.1) is 11.3 Å². The fourth-order valence-electron chi connectivity index (χ4n) is 4.58. The van der Waals surface area contributed by atoms with Crippen molar-refractivity contribution in [3.63, 3.8) is 0 Å². The first-order valence-corrected chi connectivity index (χ1v) is 13.3. The highest BCUT2D eigenvalue weighted by Gasteiger charge is 2.28. The lowest BCUT2D eigenvalue weighted by Crippen LogP contribution is -2.55. The lowest BCUT2D eigenvalue weighted by atomic mass is 10.1. The number of anilines is 3. The largest absolute Gasteiger partial charge is 0.480 e. The standard InChI is InChI=1S/C28H35N9O3/c29-6-2-8-32-28-33-15-23(16-34-28)22-5-9-31-26(14-22)35-24-4-1-3-21(13-24)17-37-11-10-36(19-27(38)39)18-25(37)20-40-12-7-30/h1,3-5,9,13-16,25H,2,6,8,10-12,17-20,29H2,(H,31,35)(H,38,39)(H,32,33,34). The van der Waals surface area contributed by atoms with E-state index < -0.39 is 5.97 Å². The second-order valence-corrected chi connectivity index (χ2v) is 9.55. The summed E-state index contributed by atoms with van der Waals surface area (Å²) < 4.78 is 5.51. The van der Waals surface area contributed by atoms with Gasteiger partial charge in [-0.1, -0.05) is 12.1 Å². The number of carbonyl (C=O) groups is 1. The van der Waals surface area contributed by atoms with Gasteiger partial charge >= 0.3 is 5.97 Å². The minimum Gasteiger partial charge on any atom is -0.480 e. The molecule has 2 aromatic heterocycles. The second-order valence-electron chi connectivity index (χ2n) is 9.55. The first-order valence-electron chi connectivity index (χ1n) is 13.3. The lowest BCUT2D eigenvalue weighted by molar-refractivity contribution is -0.139. The van der Waals surface area contributed by atoms with Gasteiger partial charge in [-0.2, -0.15) is 5.26 Å². The maximum absolute atomic E-state index is 11.2. The van der Waals surface area contributed by atoms with E-state index in [-0.39, 0.29) is 19.2 Å². The molecule has 0 spiro atoms. The minimum atomic E-state index is -0.846. The molecule has 0 amide bonds. The zero-order valence-corrected chi connectivity index (χ0v) is 22.4. The zero-order chi connectivity index (χ0) is 28.2. The molecule has 0 saturated carbocycles. The summed E-state index contributed by atoms with van der Waals surface area (Å²) >= 11 is 0. The number of carboxylic acids is 1. The van der Waals surface area contributed by atoms with Crippen LogP contribution in [0.4, 0.5) is 17.5 Å². The molecule has 210 valence electrons. The van der Waals surface area contributed by atoms with Gasteiger partial charge in [-0.05, 0) is 48.4 Å². The van der Waals surface area contributed by atoms with E-state index in [2.05, 4.69) is 42.6 Å². The smallest absolute Gasteiger partial charge is 0.317 e. The maximum atomic E-state index is 11.2. The Hall–Kier alpha value is -4.15. The van der Waals surface area contributed by atoms with Gasteiger partial charge in [0.05, 0.1) is 19.2 Å². The Kier molecular flexibility index (Phi) is 10.7. The molecule has 12 nitrogen and oxygen atoms in total. The SMILES string of the molecule is N#CCOCC1CN(CC(=O)O)CCN1Cc1cccc(Nc2cc(-c3cnc(NCCCN)nc3)ccn2)c1. The first-order chi connectivity index (χ1) is 19.5. The molecule has 5 N–H and O–H groups in total. The molecule has 1 aliphatic rings. The van der Waals surface area contributed by atoms with Crippen LogP contribution in [0.2, 0.25) is 0 Å². The summed E-state index contributed by atoms with van der Waals surface area (Å²) in [4.78, 5) is 28.6. The number of nitrogens with two attached hydrogens (primary N) is 1. The van der Waals surface area contributed by atoms with E-state index in [1.165, 1.54) is 0 Å². The van der Waals surface area contributed by atoms with E-state index in [0.29, 0.717) is 51.1 Å². The van der Waals surface area contributed by atoms with E-state index in [0.717, 1.165) is 35.3 Å². The highest BCUT2D eigenvalue weighted by atomic mass is 16.5. The Morgan fingerprint density at radius 1 is 1.18 bits per heavy atom. The van der Waals surface area contributed by atoms with Crippen LogP contribution in [-0.2, 0) is 16.1 Å². The number of hydrogen-bond acceptors (Lipinski definition) is 11. The van der Waals surface area contributed by atoms with E-state index in [4.69, 9.17) is 15.7 Å². The van der Waals surface area contributed by atoms with E-state index in [1.807, 2.05) is 35.2 Å².